The lowest BCUT2D eigenvalue weighted by Gasteiger charge is -2.13. The van der Waals surface area contributed by atoms with Gasteiger partial charge in [-0.1, -0.05) is 24.3 Å². The highest BCUT2D eigenvalue weighted by molar-refractivity contribution is 6.58. The molecule has 2 rings (SSSR count). The average Bonchev–Trinajstić information content (AvgIpc) is 3.09. The third-order valence-electron chi connectivity index (χ3n) is 3.06. The Kier molecular flexibility index (Phi) is 2.74. The molecule has 1 saturated carbocycles. The molecule has 0 bridgehead atoms. The first-order chi connectivity index (χ1) is 7.60. The van der Waals surface area contributed by atoms with Crippen molar-refractivity contribution in [3.05, 3.63) is 29.8 Å². The molecule has 0 aliphatic heterocycles. The summed E-state index contributed by atoms with van der Waals surface area (Å²) in [6, 6.07) is 6.79. The normalized spacial score (nSPS) is 16.7. The number of methoxy groups -OCH3 is 1. The van der Waals surface area contributed by atoms with E-state index < -0.39 is 12.5 Å². The summed E-state index contributed by atoms with van der Waals surface area (Å²) in [6.45, 7) is 0. The molecule has 16 heavy (non-hydrogen) atoms. The molecule has 0 unspecified atom stereocenters. The van der Waals surface area contributed by atoms with Gasteiger partial charge in [0.05, 0.1) is 12.5 Å². The highest BCUT2D eigenvalue weighted by atomic mass is 16.5. The fourth-order valence-corrected chi connectivity index (χ4v) is 1.93. The van der Waals surface area contributed by atoms with Crippen LogP contribution < -0.4 is 5.46 Å². The standard InChI is InChI=1S/C11H13BO4/c1-16-10(13)11(5-6-11)8-3-2-4-9(7-8)12(14)15/h2-4,7,14-15H,5-6H2,1H3. The molecular weight excluding hydrogens is 207 g/mol. The van der Waals surface area contributed by atoms with Crippen LogP contribution in [-0.2, 0) is 14.9 Å². The van der Waals surface area contributed by atoms with E-state index in [0.717, 1.165) is 18.4 Å². The second-order valence-corrected chi connectivity index (χ2v) is 4.07. The summed E-state index contributed by atoms with van der Waals surface area (Å²) >= 11 is 0. The third kappa shape index (κ3) is 1.72. The molecule has 0 saturated heterocycles. The Hall–Kier alpha value is -1.33. The molecule has 2 N–H and O–H groups in total. The van der Waals surface area contributed by atoms with Crippen molar-refractivity contribution in [1.82, 2.24) is 0 Å². The second-order valence-electron chi connectivity index (χ2n) is 4.07. The van der Waals surface area contributed by atoms with Crippen LogP contribution in [0.4, 0.5) is 0 Å². The van der Waals surface area contributed by atoms with Gasteiger partial charge < -0.3 is 14.8 Å². The Morgan fingerprint density at radius 2 is 2.12 bits per heavy atom. The van der Waals surface area contributed by atoms with Crippen LogP contribution in [0.1, 0.15) is 18.4 Å². The van der Waals surface area contributed by atoms with Crippen molar-refractivity contribution in [3.8, 4) is 0 Å². The van der Waals surface area contributed by atoms with E-state index in [9.17, 15) is 4.79 Å². The van der Waals surface area contributed by atoms with E-state index in [1.165, 1.54) is 7.11 Å². The van der Waals surface area contributed by atoms with E-state index in [1.54, 1.807) is 18.2 Å². The van der Waals surface area contributed by atoms with Gasteiger partial charge in [0.25, 0.3) is 0 Å². The van der Waals surface area contributed by atoms with Gasteiger partial charge in [-0.2, -0.15) is 0 Å². The molecule has 5 heteroatoms. The number of ether oxygens (including phenoxy) is 1. The fourth-order valence-electron chi connectivity index (χ4n) is 1.93. The van der Waals surface area contributed by atoms with Gasteiger partial charge >= 0.3 is 13.1 Å². The highest BCUT2D eigenvalue weighted by Crippen LogP contribution is 2.48. The lowest BCUT2D eigenvalue weighted by Crippen LogP contribution is -2.31. The smallest absolute Gasteiger partial charge is 0.468 e. The molecule has 0 spiro atoms. The number of hydrogen-bond acceptors (Lipinski definition) is 4. The SMILES string of the molecule is COC(=O)C1(c2cccc(B(O)O)c2)CC1. The van der Waals surface area contributed by atoms with Gasteiger partial charge in [0.1, 0.15) is 0 Å². The van der Waals surface area contributed by atoms with Crippen LogP contribution in [0.5, 0.6) is 0 Å². The van der Waals surface area contributed by atoms with Crippen LogP contribution >= 0.6 is 0 Å². The van der Waals surface area contributed by atoms with Crippen LogP contribution in [0.2, 0.25) is 0 Å². The summed E-state index contributed by atoms with van der Waals surface area (Å²) in [5.41, 5.74) is 0.636. The van der Waals surface area contributed by atoms with Crippen molar-refractivity contribution in [3.63, 3.8) is 0 Å². The van der Waals surface area contributed by atoms with Crippen LogP contribution in [-0.4, -0.2) is 30.2 Å². The summed E-state index contributed by atoms with van der Waals surface area (Å²) in [6.07, 6.45) is 1.51. The van der Waals surface area contributed by atoms with Gasteiger partial charge in [0.15, 0.2) is 0 Å². The van der Waals surface area contributed by atoms with E-state index in [2.05, 4.69) is 0 Å². The van der Waals surface area contributed by atoms with E-state index >= 15 is 0 Å². The molecule has 1 aliphatic rings. The monoisotopic (exact) mass is 220 g/mol. The van der Waals surface area contributed by atoms with E-state index in [-0.39, 0.29) is 5.97 Å². The summed E-state index contributed by atoms with van der Waals surface area (Å²) in [7, 11) is -0.138. The van der Waals surface area contributed by atoms with Crippen LogP contribution in [0, 0.1) is 0 Å². The summed E-state index contributed by atoms with van der Waals surface area (Å²) in [4.78, 5) is 11.6. The van der Waals surface area contributed by atoms with E-state index in [0.29, 0.717) is 5.46 Å². The van der Waals surface area contributed by atoms with Crippen LogP contribution in [0.3, 0.4) is 0 Å². The van der Waals surface area contributed by atoms with Gasteiger partial charge in [-0.25, -0.2) is 0 Å². The minimum absolute atomic E-state index is 0.253. The van der Waals surface area contributed by atoms with Crippen molar-refractivity contribution in [2.24, 2.45) is 0 Å². The molecule has 0 radical (unpaired) electrons. The van der Waals surface area contributed by atoms with Crippen LogP contribution in [0.15, 0.2) is 24.3 Å². The minimum Gasteiger partial charge on any atom is -0.468 e. The van der Waals surface area contributed by atoms with Gasteiger partial charge in [-0.15, -0.1) is 0 Å². The molecule has 0 aromatic heterocycles. The quantitative estimate of drug-likeness (QED) is 0.535. The predicted molar refractivity (Wildman–Crippen MR) is 59.2 cm³/mol. The summed E-state index contributed by atoms with van der Waals surface area (Å²) in [5, 5.41) is 18.1. The Morgan fingerprint density at radius 3 is 2.62 bits per heavy atom. The van der Waals surface area contributed by atoms with Crippen molar-refractivity contribution in [2.75, 3.05) is 7.11 Å². The zero-order chi connectivity index (χ0) is 11.8. The maximum atomic E-state index is 11.6. The molecule has 1 aliphatic carbocycles. The largest absolute Gasteiger partial charge is 0.488 e. The topological polar surface area (TPSA) is 66.8 Å². The van der Waals surface area contributed by atoms with Gasteiger partial charge in [0.2, 0.25) is 0 Å². The second kappa shape index (κ2) is 3.92. The number of esters is 1. The minimum atomic E-state index is -1.51. The molecule has 1 aromatic rings. The first kappa shape index (κ1) is 11.2. The lowest BCUT2D eigenvalue weighted by atomic mass is 9.78. The zero-order valence-corrected chi connectivity index (χ0v) is 9.01. The lowest BCUT2D eigenvalue weighted by molar-refractivity contribution is -0.143. The molecule has 4 nitrogen and oxygen atoms in total. The number of rotatable bonds is 3. The van der Waals surface area contributed by atoms with Crippen molar-refractivity contribution in [2.45, 2.75) is 18.3 Å². The highest BCUT2D eigenvalue weighted by Gasteiger charge is 2.52. The van der Waals surface area contributed by atoms with E-state index in [4.69, 9.17) is 14.8 Å². The van der Waals surface area contributed by atoms with Gasteiger partial charge in [0, 0.05) is 0 Å². The Balaban J connectivity index is 2.34. The maximum absolute atomic E-state index is 11.6. The van der Waals surface area contributed by atoms with Crippen molar-refractivity contribution < 1.29 is 19.6 Å². The first-order valence-electron chi connectivity index (χ1n) is 5.15. The fraction of sp³-hybridized carbons (Fsp3) is 0.364. The molecule has 84 valence electrons. The van der Waals surface area contributed by atoms with Crippen molar-refractivity contribution >= 4 is 18.6 Å². The average molecular weight is 220 g/mol. The number of benzene rings is 1. The molecule has 0 atom stereocenters. The Morgan fingerprint density at radius 1 is 1.44 bits per heavy atom. The molecule has 0 amide bonds. The number of carbonyl (C=O) groups excluding carboxylic acids is 1. The van der Waals surface area contributed by atoms with Crippen LogP contribution in [0.25, 0.3) is 0 Å². The molecular formula is C11H13BO4. The molecule has 1 fully saturated rings. The van der Waals surface area contributed by atoms with Crippen molar-refractivity contribution in [1.29, 1.82) is 0 Å². The predicted octanol–water partition coefficient (Wildman–Crippen LogP) is -0.429. The summed E-state index contributed by atoms with van der Waals surface area (Å²) < 4.78 is 4.77. The van der Waals surface area contributed by atoms with E-state index in [1.807, 2.05) is 6.07 Å². The number of carbonyl (C=O) groups is 1. The van der Waals surface area contributed by atoms with Gasteiger partial charge in [-0.05, 0) is 23.9 Å². The summed E-state index contributed by atoms with van der Waals surface area (Å²) in [5.74, 6) is -0.253. The first-order valence-corrected chi connectivity index (χ1v) is 5.15. The molecule has 1 aromatic carbocycles. The Bertz CT molecular complexity index is 412. The molecule has 0 heterocycles. The number of hydrogen-bond donors (Lipinski definition) is 2. The maximum Gasteiger partial charge on any atom is 0.488 e. The van der Waals surface area contributed by atoms with Gasteiger partial charge in [-0.3, -0.25) is 4.79 Å². The zero-order valence-electron chi connectivity index (χ0n) is 9.01. The third-order valence-corrected chi connectivity index (χ3v) is 3.06. The Labute approximate surface area is 94.0 Å².